The van der Waals surface area contributed by atoms with E-state index in [0.717, 1.165) is 29.4 Å². The van der Waals surface area contributed by atoms with Crippen LogP contribution in [0.25, 0.3) is 0 Å². The van der Waals surface area contributed by atoms with Crippen LogP contribution < -0.4 is 5.32 Å². The van der Waals surface area contributed by atoms with Gasteiger partial charge in [-0.15, -0.1) is 11.3 Å². The molecule has 2 aromatic rings. The standard InChI is InChI=1S/C16H18N4O3S.C6H4ClF/c1-23-16(22)11-7-18-13(15-17-4-5-24-15)20-8-10(6-12(11)20)19-14(21)9-2-3-9;7-5-2-1-3-6(8)4-5/h4-5,9-10H,2-3,6-8H2,1H3,(H,19,21);1-4H. The lowest BCUT2D eigenvalue weighted by Crippen LogP contribution is -2.40. The maximum Gasteiger partial charge on any atom is 0.337 e. The van der Waals surface area contributed by atoms with E-state index in [2.05, 4.69) is 15.3 Å². The molecule has 1 unspecified atom stereocenters. The van der Waals surface area contributed by atoms with Gasteiger partial charge in [-0.1, -0.05) is 17.7 Å². The fraction of sp³-hybridized carbons (Fsp3) is 0.364. The highest BCUT2D eigenvalue weighted by molar-refractivity contribution is 7.11. The summed E-state index contributed by atoms with van der Waals surface area (Å²) in [4.78, 5) is 35.0. The van der Waals surface area contributed by atoms with E-state index in [9.17, 15) is 14.0 Å². The van der Waals surface area contributed by atoms with Crippen LogP contribution in [0.4, 0.5) is 4.39 Å². The van der Waals surface area contributed by atoms with Crippen molar-refractivity contribution < 1.29 is 18.7 Å². The molecule has 1 amide bonds. The summed E-state index contributed by atoms with van der Waals surface area (Å²) < 4.78 is 17.0. The first-order valence-corrected chi connectivity index (χ1v) is 11.5. The molecule has 0 bridgehead atoms. The van der Waals surface area contributed by atoms with Crippen LogP contribution in [0.3, 0.4) is 0 Å². The molecule has 1 aromatic carbocycles. The quantitative estimate of drug-likeness (QED) is 0.684. The topological polar surface area (TPSA) is 83.9 Å². The zero-order valence-corrected chi connectivity index (χ0v) is 19.0. The largest absolute Gasteiger partial charge is 0.466 e. The number of nitrogens with zero attached hydrogens (tertiary/aromatic N) is 3. The molecule has 0 spiro atoms. The Kier molecular flexibility index (Phi) is 6.86. The Balaban J connectivity index is 0.000000260. The number of hydrogen-bond acceptors (Lipinski definition) is 7. The Labute approximate surface area is 194 Å². The maximum absolute atomic E-state index is 12.1. The van der Waals surface area contributed by atoms with E-state index in [4.69, 9.17) is 16.3 Å². The summed E-state index contributed by atoms with van der Waals surface area (Å²) in [6, 6.07) is 5.80. The normalized spacial score (nSPS) is 19.5. The zero-order chi connectivity index (χ0) is 22.7. The lowest BCUT2D eigenvalue weighted by molar-refractivity contribution is -0.136. The molecule has 1 aliphatic carbocycles. The van der Waals surface area contributed by atoms with Crippen molar-refractivity contribution in [1.82, 2.24) is 15.2 Å². The molecule has 3 heterocycles. The number of aromatic nitrogens is 1. The number of esters is 1. The smallest absolute Gasteiger partial charge is 0.337 e. The highest BCUT2D eigenvalue weighted by Gasteiger charge is 2.39. The number of carbonyl (C=O) groups is 2. The molecule has 1 aromatic heterocycles. The van der Waals surface area contributed by atoms with Gasteiger partial charge < -0.3 is 15.0 Å². The van der Waals surface area contributed by atoms with E-state index in [1.807, 2.05) is 10.3 Å². The third-order valence-electron chi connectivity index (χ3n) is 5.30. The number of hydrogen-bond donors (Lipinski definition) is 1. The molecule has 1 saturated carbocycles. The monoisotopic (exact) mass is 476 g/mol. The Morgan fingerprint density at radius 2 is 2.16 bits per heavy atom. The SMILES string of the molecule is COC(=O)C1=C2CC(NC(=O)C3CC3)CN2C(c2nccs2)=NC1.Fc1cccc(Cl)c1. The average molecular weight is 477 g/mol. The number of aliphatic imine (C=N–C) groups is 1. The molecule has 0 radical (unpaired) electrons. The molecule has 2 aliphatic heterocycles. The average Bonchev–Trinajstić information content (AvgIpc) is 3.32. The van der Waals surface area contributed by atoms with Crippen molar-refractivity contribution in [2.24, 2.45) is 10.9 Å². The Morgan fingerprint density at radius 1 is 1.34 bits per heavy atom. The van der Waals surface area contributed by atoms with Gasteiger partial charge in [-0.2, -0.15) is 0 Å². The van der Waals surface area contributed by atoms with Gasteiger partial charge in [0, 0.05) is 41.2 Å². The number of fused-ring (bicyclic) bond motifs is 1. The molecule has 32 heavy (non-hydrogen) atoms. The van der Waals surface area contributed by atoms with Crippen molar-refractivity contribution in [2.75, 3.05) is 20.2 Å². The Morgan fingerprint density at radius 3 is 2.75 bits per heavy atom. The van der Waals surface area contributed by atoms with E-state index in [1.165, 1.54) is 30.6 Å². The van der Waals surface area contributed by atoms with Gasteiger partial charge in [-0.05, 0) is 31.0 Å². The maximum atomic E-state index is 12.1. The van der Waals surface area contributed by atoms with Gasteiger partial charge in [-0.25, -0.2) is 14.2 Å². The number of carbonyl (C=O) groups excluding carboxylic acids is 2. The molecule has 168 valence electrons. The van der Waals surface area contributed by atoms with Crippen LogP contribution >= 0.6 is 22.9 Å². The first kappa shape index (κ1) is 22.4. The molecule has 3 aliphatic rings. The predicted molar refractivity (Wildman–Crippen MR) is 120 cm³/mol. The Bertz CT molecular complexity index is 1050. The van der Waals surface area contributed by atoms with Gasteiger partial charge in [0.2, 0.25) is 5.91 Å². The molecule has 1 saturated heterocycles. The number of ether oxygens (including phenoxy) is 1. The number of methoxy groups -OCH3 is 1. The molecular formula is C22H22ClFN4O3S. The summed E-state index contributed by atoms with van der Waals surface area (Å²) in [6.45, 7) is 0.892. The lowest BCUT2D eigenvalue weighted by atomic mass is 10.1. The number of benzene rings is 1. The summed E-state index contributed by atoms with van der Waals surface area (Å²) in [6.07, 6.45) is 4.31. The number of rotatable bonds is 4. The van der Waals surface area contributed by atoms with Crippen LogP contribution in [0.1, 0.15) is 24.3 Å². The molecule has 7 nitrogen and oxygen atoms in total. The van der Waals surface area contributed by atoms with Crippen molar-refractivity contribution >= 4 is 40.6 Å². The van der Waals surface area contributed by atoms with Crippen LogP contribution in [-0.2, 0) is 14.3 Å². The van der Waals surface area contributed by atoms with Gasteiger partial charge >= 0.3 is 5.97 Å². The zero-order valence-electron chi connectivity index (χ0n) is 17.4. The highest BCUT2D eigenvalue weighted by Crippen LogP contribution is 2.33. The summed E-state index contributed by atoms with van der Waals surface area (Å²) >= 11 is 6.92. The minimum Gasteiger partial charge on any atom is -0.466 e. The third-order valence-corrected chi connectivity index (χ3v) is 6.30. The summed E-state index contributed by atoms with van der Waals surface area (Å²) in [5, 5.41) is 6.26. The summed E-state index contributed by atoms with van der Waals surface area (Å²) in [5.74, 6) is 0.413. The fourth-order valence-electron chi connectivity index (χ4n) is 3.61. The van der Waals surface area contributed by atoms with Gasteiger partial charge in [0.05, 0.1) is 25.3 Å². The molecule has 1 N–H and O–H groups in total. The van der Waals surface area contributed by atoms with E-state index in [-0.39, 0.29) is 36.2 Å². The van der Waals surface area contributed by atoms with Crippen molar-refractivity contribution in [3.8, 4) is 0 Å². The van der Waals surface area contributed by atoms with Gasteiger partial charge in [0.1, 0.15) is 5.82 Å². The van der Waals surface area contributed by atoms with Crippen LogP contribution in [0.15, 0.2) is 52.1 Å². The van der Waals surface area contributed by atoms with Gasteiger partial charge in [-0.3, -0.25) is 9.79 Å². The molecule has 5 rings (SSSR count). The van der Waals surface area contributed by atoms with E-state index in [0.29, 0.717) is 23.6 Å². The summed E-state index contributed by atoms with van der Waals surface area (Å²) in [7, 11) is 1.38. The van der Waals surface area contributed by atoms with Crippen LogP contribution in [0, 0.1) is 11.7 Å². The molecular weight excluding hydrogens is 455 g/mol. The lowest BCUT2D eigenvalue weighted by Gasteiger charge is -2.26. The minimum absolute atomic E-state index is 0.0176. The molecule has 1 atom stereocenters. The van der Waals surface area contributed by atoms with Crippen molar-refractivity contribution in [3.63, 3.8) is 0 Å². The number of amides is 1. The summed E-state index contributed by atoms with van der Waals surface area (Å²) in [5.41, 5.74) is 1.46. The number of thiazole rings is 1. The Hall–Kier alpha value is -2.78. The van der Waals surface area contributed by atoms with Crippen molar-refractivity contribution in [1.29, 1.82) is 0 Å². The number of amidine groups is 1. The fourth-order valence-corrected chi connectivity index (χ4v) is 4.44. The first-order valence-electron chi connectivity index (χ1n) is 10.2. The van der Waals surface area contributed by atoms with Crippen LogP contribution in [0.5, 0.6) is 0 Å². The van der Waals surface area contributed by atoms with E-state index >= 15 is 0 Å². The van der Waals surface area contributed by atoms with Gasteiger partial charge in [0.25, 0.3) is 0 Å². The van der Waals surface area contributed by atoms with E-state index in [1.54, 1.807) is 18.3 Å². The molecule has 10 heteroatoms. The number of nitrogens with one attached hydrogen (secondary N) is 1. The van der Waals surface area contributed by atoms with Crippen LogP contribution in [0.2, 0.25) is 5.02 Å². The third kappa shape index (κ3) is 5.16. The first-order chi connectivity index (χ1) is 15.5. The highest BCUT2D eigenvalue weighted by atomic mass is 35.5. The van der Waals surface area contributed by atoms with Crippen LogP contribution in [-0.4, -0.2) is 53.8 Å². The minimum atomic E-state index is -0.355. The van der Waals surface area contributed by atoms with Crippen molar-refractivity contribution in [2.45, 2.75) is 25.3 Å². The second-order valence-electron chi connectivity index (χ2n) is 7.63. The molecule has 2 fully saturated rings. The number of halogens is 2. The predicted octanol–water partition coefficient (Wildman–Crippen LogP) is 3.41. The van der Waals surface area contributed by atoms with Crippen molar-refractivity contribution in [3.05, 3.63) is 63.0 Å². The second-order valence-corrected chi connectivity index (χ2v) is 8.96. The van der Waals surface area contributed by atoms with Gasteiger partial charge in [0.15, 0.2) is 10.8 Å². The van der Waals surface area contributed by atoms with E-state index < -0.39 is 0 Å². The second kappa shape index (κ2) is 9.79.